The molecule has 0 radical (unpaired) electrons. The van der Waals surface area contributed by atoms with Crippen LogP contribution in [0.5, 0.6) is 5.75 Å². The Kier molecular flexibility index (Phi) is 6.03. The molecule has 0 aliphatic heterocycles. The Balaban J connectivity index is 2.43. The zero-order valence-electron chi connectivity index (χ0n) is 9.27. The van der Waals surface area contributed by atoms with Crippen LogP contribution in [0, 0.1) is 5.92 Å². The molecule has 1 aromatic carbocycles. The molecule has 0 amide bonds. The first-order valence-corrected chi connectivity index (χ1v) is 6.79. The van der Waals surface area contributed by atoms with Gasteiger partial charge in [-0.15, -0.1) is 11.8 Å². The highest BCUT2D eigenvalue weighted by Gasteiger charge is 2.04. The zero-order valence-corrected chi connectivity index (χ0v) is 11.0. The number of benzene rings is 1. The molecule has 0 heterocycles. The van der Waals surface area contributed by atoms with E-state index in [1.807, 2.05) is 23.9 Å². The van der Waals surface area contributed by atoms with Gasteiger partial charge >= 0.3 is 0 Å². The quantitative estimate of drug-likeness (QED) is 0.601. The molecular weight excluding hydrogens is 224 g/mol. The molecule has 0 bridgehead atoms. The Labute approximate surface area is 102 Å². The minimum atomic E-state index is 0.709. The van der Waals surface area contributed by atoms with Crippen LogP contribution in [-0.2, 0) is 0 Å². The van der Waals surface area contributed by atoms with Crippen molar-refractivity contribution in [3.8, 4) is 5.75 Å². The first-order valence-electron chi connectivity index (χ1n) is 5.17. The SMILES string of the molecule is CCC(CS)CSc1ccc(OC)cc1. The highest BCUT2D eigenvalue weighted by atomic mass is 32.2. The molecule has 1 aromatic rings. The van der Waals surface area contributed by atoms with E-state index in [1.54, 1.807) is 7.11 Å². The molecule has 1 atom stereocenters. The molecule has 3 heteroatoms. The normalized spacial score (nSPS) is 12.5. The summed E-state index contributed by atoms with van der Waals surface area (Å²) in [5.41, 5.74) is 0. The molecule has 0 aliphatic carbocycles. The van der Waals surface area contributed by atoms with E-state index >= 15 is 0 Å². The second-order valence-electron chi connectivity index (χ2n) is 3.44. The van der Waals surface area contributed by atoms with Crippen molar-refractivity contribution in [2.24, 2.45) is 5.92 Å². The summed E-state index contributed by atoms with van der Waals surface area (Å²) in [4.78, 5) is 1.30. The van der Waals surface area contributed by atoms with E-state index in [4.69, 9.17) is 4.74 Å². The van der Waals surface area contributed by atoms with Gasteiger partial charge in [0.15, 0.2) is 0 Å². The van der Waals surface area contributed by atoms with Gasteiger partial charge < -0.3 is 4.74 Å². The minimum absolute atomic E-state index is 0.709. The summed E-state index contributed by atoms with van der Waals surface area (Å²) in [6, 6.07) is 8.22. The van der Waals surface area contributed by atoms with Crippen molar-refractivity contribution in [3.05, 3.63) is 24.3 Å². The predicted octanol–water partition coefficient (Wildman–Crippen LogP) is 3.74. The Hall–Kier alpha value is -0.280. The maximum absolute atomic E-state index is 5.12. The zero-order chi connectivity index (χ0) is 11.1. The molecule has 0 fully saturated rings. The lowest BCUT2D eigenvalue weighted by molar-refractivity contribution is 0.414. The topological polar surface area (TPSA) is 9.23 Å². The van der Waals surface area contributed by atoms with Crippen molar-refractivity contribution in [2.75, 3.05) is 18.6 Å². The first-order chi connectivity index (χ1) is 7.30. The third kappa shape index (κ3) is 4.39. The molecular formula is C12H18OS2. The standard InChI is InChI=1S/C12H18OS2/c1-3-10(8-14)9-15-12-6-4-11(13-2)5-7-12/h4-7,10,14H,3,8-9H2,1-2H3. The summed E-state index contributed by atoms with van der Waals surface area (Å²) >= 11 is 6.23. The van der Waals surface area contributed by atoms with Crippen molar-refractivity contribution in [3.63, 3.8) is 0 Å². The third-order valence-electron chi connectivity index (χ3n) is 2.38. The summed E-state index contributed by atoms with van der Waals surface area (Å²) in [7, 11) is 1.69. The molecule has 1 unspecified atom stereocenters. The van der Waals surface area contributed by atoms with Crippen LogP contribution < -0.4 is 4.74 Å². The Morgan fingerprint density at radius 1 is 1.33 bits per heavy atom. The predicted molar refractivity (Wildman–Crippen MR) is 71.4 cm³/mol. The van der Waals surface area contributed by atoms with E-state index in [-0.39, 0.29) is 0 Å². The average molecular weight is 242 g/mol. The fourth-order valence-electron chi connectivity index (χ4n) is 1.19. The monoisotopic (exact) mass is 242 g/mol. The van der Waals surface area contributed by atoms with Gasteiger partial charge in [0.25, 0.3) is 0 Å². The molecule has 1 rings (SSSR count). The highest BCUT2D eigenvalue weighted by Crippen LogP contribution is 2.24. The molecule has 0 N–H and O–H groups in total. The number of rotatable bonds is 6. The fraction of sp³-hybridized carbons (Fsp3) is 0.500. The second kappa shape index (κ2) is 7.07. The average Bonchev–Trinajstić information content (AvgIpc) is 2.31. The van der Waals surface area contributed by atoms with Gasteiger partial charge in [-0.2, -0.15) is 12.6 Å². The van der Waals surface area contributed by atoms with E-state index in [2.05, 4.69) is 31.7 Å². The maximum Gasteiger partial charge on any atom is 0.118 e. The minimum Gasteiger partial charge on any atom is -0.497 e. The Morgan fingerprint density at radius 3 is 2.47 bits per heavy atom. The number of thiol groups is 1. The lowest BCUT2D eigenvalue weighted by Gasteiger charge is -2.10. The number of thioether (sulfide) groups is 1. The van der Waals surface area contributed by atoms with E-state index < -0.39 is 0 Å². The summed E-state index contributed by atoms with van der Waals surface area (Å²) < 4.78 is 5.12. The summed E-state index contributed by atoms with van der Waals surface area (Å²) in [5.74, 6) is 3.74. The summed E-state index contributed by atoms with van der Waals surface area (Å²) in [6.07, 6.45) is 1.20. The molecule has 15 heavy (non-hydrogen) atoms. The van der Waals surface area contributed by atoms with E-state index in [0.29, 0.717) is 5.92 Å². The van der Waals surface area contributed by atoms with Crippen LogP contribution in [-0.4, -0.2) is 18.6 Å². The number of ether oxygens (including phenoxy) is 1. The van der Waals surface area contributed by atoms with Crippen LogP contribution in [0.2, 0.25) is 0 Å². The Morgan fingerprint density at radius 2 is 2.00 bits per heavy atom. The van der Waals surface area contributed by atoms with E-state index in [9.17, 15) is 0 Å². The van der Waals surface area contributed by atoms with E-state index in [1.165, 1.54) is 11.3 Å². The van der Waals surface area contributed by atoms with Gasteiger partial charge in [-0.25, -0.2) is 0 Å². The maximum atomic E-state index is 5.12. The third-order valence-corrected chi connectivity index (χ3v) is 4.14. The van der Waals surface area contributed by atoms with Crippen molar-refractivity contribution in [1.29, 1.82) is 0 Å². The highest BCUT2D eigenvalue weighted by molar-refractivity contribution is 7.99. The fourth-order valence-corrected chi connectivity index (χ4v) is 2.86. The van der Waals surface area contributed by atoms with Crippen molar-refractivity contribution in [1.82, 2.24) is 0 Å². The number of methoxy groups -OCH3 is 1. The smallest absolute Gasteiger partial charge is 0.118 e. The molecule has 0 saturated carbocycles. The van der Waals surface area contributed by atoms with Gasteiger partial charge in [-0.1, -0.05) is 13.3 Å². The largest absolute Gasteiger partial charge is 0.497 e. The number of hydrogen-bond donors (Lipinski definition) is 1. The van der Waals surface area contributed by atoms with Gasteiger partial charge in [0.1, 0.15) is 5.75 Å². The van der Waals surface area contributed by atoms with Crippen LogP contribution in [0.15, 0.2) is 29.2 Å². The molecule has 84 valence electrons. The van der Waals surface area contributed by atoms with Gasteiger partial charge in [0, 0.05) is 10.6 Å². The Bertz CT molecular complexity index is 267. The molecule has 0 saturated heterocycles. The molecule has 0 aliphatic rings. The van der Waals surface area contributed by atoms with Gasteiger partial charge in [0.2, 0.25) is 0 Å². The summed E-state index contributed by atoms with van der Waals surface area (Å²) in [6.45, 7) is 2.22. The van der Waals surface area contributed by atoms with Gasteiger partial charge in [-0.05, 0) is 35.9 Å². The van der Waals surface area contributed by atoms with Crippen LogP contribution in [0.1, 0.15) is 13.3 Å². The molecule has 0 aromatic heterocycles. The van der Waals surface area contributed by atoms with Crippen molar-refractivity contribution in [2.45, 2.75) is 18.2 Å². The van der Waals surface area contributed by atoms with Crippen molar-refractivity contribution < 1.29 is 4.74 Å². The van der Waals surface area contributed by atoms with Gasteiger partial charge in [0.05, 0.1) is 7.11 Å². The van der Waals surface area contributed by atoms with E-state index in [0.717, 1.165) is 17.3 Å². The number of hydrogen-bond acceptors (Lipinski definition) is 3. The first kappa shape index (κ1) is 12.8. The lowest BCUT2D eigenvalue weighted by Crippen LogP contribution is -2.03. The van der Waals surface area contributed by atoms with Crippen LogP contribution in [0.4, 0.5) is 0 Å². The lowest BCUT2D eigenvalue weighted by atomic mass is 10.2. The molecule has 1 nitrogen and oxygen atoms in total. The molecule has 0 spiro atoms. The van der Waals surface area contributed by atoms with Crippen molar-refractivity contribution >= 4 is 24.4 Å². The van der Waals surface area contributed by atoms with Crippen LogP contribution in [0.25, 0.3) is 0 Å². The van der Waals surface area contributed by atoms with Crippen LogP contribution in [0.3, 0.4) is 0 Å². The van der Waals surface area contributed by atoms with Crippen LogP contribution >= 0.6 is 24.4 Å². The second-order valence-corrected chi connectivity index (χ2v) is 4.90. The summed E-state index contributed by atoms with van der Waals surface area (Å²) in [5, 5.41) is 0. The van der Waals surface area contributed by atoms with Gasteiger partial charge in [-0.3, -0.25) is 0 Å².